The molecule has 1 aromatic carbocycles. The van der Waals surface area contributed by atoms with Crippen molar-refractivity contribution in [3.8, 4) is 0 Å². The Balaban J connectivity index is 2.23. The molecule has 108 valence electrons. The molecule has 0 aliphatic carbocycles. The Kier molecular flexibility index (Phi) is 5.32. The first kappa shape index (κ1) is 15.2. The van der Waals surface area contributed by atoms with E-state index >= 15 is 0 Å². The zero-order chi connectivity index (χ0) is 14.5. The van der Waals surface area contributed by atoms with E-state index in [1.807, 2.05) is 13.0 Å². The summed E-state index contributed by atoms with van der Waals surface area (Å²) in [5, 5.41) is 7.97. The van der Waals surface area contributed by atoms with Crippen molar-refractivity contribution in [2.45, 2.75) is 39.7 Å². The fraction of sp³-hybridized carbons (Fsp3) is 0.412. The van der Waals surface area contributed by atoms with Gasteiger partial charge in [0.05, 0.1) is 0 Å². The maximum atomic E-state index is 13.5. The van der Waals surface area contributed by atoms with E-state index in [-0.39, 0.29) is 11.9 Å². The number of thiophene rings is 1. The van der Waals surface area contributed by atoms with Crippen molar-refractivity contribution < 1.29 is 4.39 Å². The van der Waals surface area contributed by atoms with E-state index in [4.69, 9.17) is 0 Å². The van der Waals surface area contributed by atoms with Crippen molar-refractivity contribution in [1.29, 1.82) is 0 Å². The minimum absolute atomic E-state index is 0.151. The van der Waals surface area contributed by atoms with Gasteiger partial charge in [-0.05, 0) is 78.4 Å². The van der Waals surface area contributed by atoms with Gasteiger partial charge >= 0.3 is 0 Å². The van der Waals surface area contributed by atoms with Crippen LogP contribution in [0.2, 0.25) is 0 Å². The molecule has 3 heteroatoms. The molecule has 1 heterocycles. The van der Waals surface area contributed by atoms with Crippen LogP contribution in [-0.2, 0) is 6.42 Å². The van der Waals surface area contributed by atoms with Crippen LogP contribution in [0.15, 0.2) is 29.0 Å². The minimum atomic E-state index is -0.151. The summed E-state index contributed by atoms with van der Waals surface area (Å²) >= 11 is 1.73. The first-order chi connectivity index (χ1) is 9.61. The van der Waals surface area contributed by atoms with Crippen LogP contribution >= 0.6 is 11.3 Å². The van der Waals surface area contributed by atoms with Crippen molar-refractivity contribution in [1.82, 2.24) is 5.32 Å². The van der Waals surface area contributed by atoms with Crippen molar-refractivity contribution in [3.05, 3.63) is 57.0 Å². The molecule has 2 aromatic rings. The maximum Gasteiger partial charge on any atom is 0.123 e. The molecule has 0 aliphatic rings. The molecule has 0 fully saturated rings. The second-order valence-corrected chi connectivity index (χ2v) is 6.04. The third-order valence-electron chi connectivity index (χ3n) is 3.65. The van der Waals surface area contributed by atoms with Crippen molar-refractivity contribution >= 4 is 11.3 Å². The van der Waals surface area contributed by atoms with Crippen molar-refractivity contribution in [2.24, 2.45) is 0 Å². The van der Waals surface area contributed by atoms with Gasteiger partial charge in [-0.2, -0.15) is 11.3 Å². The Morgan fingerprint density at radius 1 is 1.20 bits per heavy atom. The number of hydrogen-bond donors (Lipinski definition) is 1. The molecule has 20 heavy (non-hydrogen) atoms. The standard InChI is InChI=1S/C17H22FNS/c1-4-7-19-17(16-11-20-10-13(16)3)9-14-8-15(18)6-5-12(14)2/h5-6,8,10-11,17,19H,4,7,9H2,1-3H3. The summed E-state index contributed by atoms with van der Waals surface area (Å²) in [6.07, 6.45) is 1.93. The fourth-order valence-electron chi connectivity index (χ4n) is 2.42. The van der Waals surface area contributed by atoms with Crippen molar-refractivity contribution in [3.63, 3.8) is 0 Å². The van der Waals surface area contributed by atoms with Gasteiger partial charge in [-0.15, -0.1) is 0 Å². The average Bonchev–Trinajstić information content (AvgIpc) is 2.84. The lowest BCUT2D eigenvalue weighted by molar-refractivity contribution is 0.525. The van der Waals surface area contributed by atoms with E-state index in [0.717, 1.165) is 30.5 Å². The molecule has 1 N–H and O–H groups in total. The van der Waals surface area contributed by atoms with Gasteiger partial charge in [0.2, 0.25) is 0 Å². The van der Waals surface area contributed by atoms with Gasteiger partial charge in [0.25, 0.3) is 0 Å². The molecule has 0 aliphatic heterocycles. The van der Waals surface area contributed by atoms with Gasteiger partial charge in [-0.1, -0.05) is 13.0 Å². The average molecular weight is 291 g/mol. The lowest BCUT2D eigenvalue weighted by Gasteiger charge is -2.20. The third kappa shape index (κ3) is 3.68. The number of benzene rings is 1. The number of aryl methyl sites for hydroxylation is 2. The highest BCUT2D eigenvalue weighted by Gasteiger charge is 2.16. The summed E-state index contributed by atoms with van der Waals surface area (Å²) in [7, 11) is 0. The molecule has 0 radical (unpaired) electrons. The van der Waals surface area contributed by atoms with Crippen LogP contribution < -0.4 is 5.32 Å². The second-order valence-electron chi connectivity index (χ2n) is 5.29. The molecule has 0 bridgehead atoms. The molecule has 1 aromatic heterocycles. The van der Waals surface area contributed by atoms with Gasteiger partial charge in [-0.3, -0.25) is 0 Å². The SMILES string of the molecule is CCCNC(Cc1cc(F)ccc1C)c1cscc1C. The lowest BCUT2D eigenvalue weighted by Crippen LogP contribution is -2.24. The van der Waals surface area contributed by atoms with Crippen LogP contribution in [-0.4, -0.2) is 6.54 Å². The summed E-state index contributed by atoms with van der Waals surface area (Å²) in [6.45, 7) is 7.34. The van der Waals surface area contributed by atoms with E-state index in [2.05, 4.69) is 29.9 Å². The lowest BCUT2D eigenvalue weighted by atomic mass is 9.95. The number of halogens is 1. The topological polar surface area (TPSA) is 12.0 Å². The van der Waals surface area contributed by atoms with Crippen LogP contribution in [0, 0.1) is 19.7 Å². The van der Waals surface area contributed by atoms with Crippen LogP contribution in [0.1, 0.15) is 41.6 Å². The number of nitrogens with one attached hydrogen (secondary N) is 1. The largest absolute Gasteiger partial charge is 0.310 e. The Bertz CT molecular complexity index is 562. The third-order valence-corrected chi connectivity index (χ3v) is 4.53. The van der Waals surface area contributed by atoms with Gasteiger partial charge < -0.3 is 5.32 Å². The zero-order valence-electron chi connectivity index (χ0n) is 12.4. The predicted molar refractivity (Wildman–Crippen MR) is 84.9 cm³/mol. The van der Waals surface area contributed by atoms with E-state index in [1.165, 1.54) is 17.2 Å². The summed E-state index contributed by atoms with van der Waals surface area (Å²) < 4.78 is 13.5. The summed E-state index contributed by atoms with van der Waals surface area (Å²) in [5.41, 5.74) is 4.90. The molecule has 2 rings (SSSR count). The molecule has 0 spiro atoms. The highest BCUT2D eigenvalue weighted by molar-refractivity contribution is 7.08. The van der Waals surface area contributed by atoms with E-state index < -0.39 is 0 Å². The molecule has 1 atom stereocenters. The Hall–Kier alpha value is -1.19. The van der Waals surface area contributed by atoms with Crippen LogP contribution in [0.3, 0.4) is 0 Å². The van der Waals surface area contributed by atoms with Gasteiger partial charge in [-0.25, -0.2) is 4.39 Å². The predicted octanol–water partition coefficient (Wildman–Crippen LogP) is 4.79. The molecule has 1 nitrogen and oxygen atoms in total. The second kappa shape index (κ2) is 7.00. The summed E-state index contributed by atoms with van der Waals surface area (Å²) in [4.78, 5) is 0. The Labute approximate surface area is 124 Å². The van der Waals surface area contributed by atoms with Gasteiger partial charge in [0.15, 0.2) is 0 Å². The Morgan fingerprint density at radius 2 is 2.00 bits per heavy atom. The molecular formula is C17H22FNS. The molecule has 0 amide bonds. The van der Waals surface area contributed by atoms with E-state index in [1.54, 1.807) is 17.4 Å². The summed E-state index contributed by atoms with van der Waals surface area (Å²) in [6, 6.07) is 5.32. The number of hydrogen-bond acceptors (Lipinski definition) is 2. The first-order valence-electron chi connectivity index (χ1n) is 7.13. The molecule has 0 saturated carbocycles. The zero-order valence-corrected chi connectivity index (χ0v) is 13.2. The monoisotopic (exact) mass is 291 g/mol. The van der Waals surface area contributed by atoms with Gasteiger partial charge in [0, 0.05) is 6.04 Å². The minimum Gasteiger partial charge on any atom is -0.310 e. The van der Waals surface area contributed by atoms with Crippen LogP contribution in [0.5, 0.6) is 0 Å². The van der Waals surface area contributed by atoms with E-state index in [9.17, 15) is 4.39 Å². The van der Waals surface area contributed by atoms with Crippen molar-refractivity contribution in [2.75, 3.05) is 6.54 Å². The Morgan fingerprint density at radius 3 is 2.65 bits per heavy atom. The molecule has 0 saturated heterocycles. The van der Waals surface area contributed by atoms with Crippen LogP contribution in [0.25, 0.3) is 0 Å². The van der Waals surface area contributed by atoms with Gasteiger partial charge in [0.1, 0.15) is 5.82 Å². The highest BCUT2D eigenvalue weighted by Crippen LogP contribution is 2.26. The quantitative estimate of drug-likeness (QED) is 0.807. The number of rotatable bonds is 6. The molecular weight excluding hydrogens is 269 g/mol. The normalized spacial score (nSPS) is 12.6. The summed E-state index contributed by atoms with van der Waals surface area (Å²) in [5.74, 6) is -0.151. The smallest absolute Gasteiger partial charge is 0.123 e. The first-order valence-corrected chi connectivity index (χ1v) is 8.07. The highest BCUT2D eigenvalue weighted by atomic mass is 32.1. The molecule has 1 unspecified atom stereocenters. The fourth-order valence-corrected chi connectivity index (χ4v) is 3.32. The van der Waals surface area contributed by atoms with E-state index in [0.29, 0.717) is 0 Å². The van der Waals surface area contributed by atoms with Crippen LogP contribution in [0.4, 0.5) is 4.39 Å². The maximum absolute atomic E-state index is 13.5.